The second-order valence-corrected chi connectivity index (χ2v) is 7.71. The minimum Gasteiger partial charge on any atom is -0.369 e. The van der Waals surface area contributed by atoms with Crippen LogP contribution in [0.5, 0.6) is 0 Å². The van der Waals surface area contributed by atoms with Crippen molar-refractivity contribution < 1.29 is 4.79 Å². The van der Waals surface area contributed by atoms with Crippen LogP contribution in [0.3, 0.4) is 0 Å². The van der Waals surface area contributed by atoms with Crippen molar-refractivity contribution in [3.8, 4) is 0 Å². The molecular weight excluding hydrogens is 435 g/mol. The Hall–Kier alpha value is -3.16. The van der Waals surface area contributed by atoms with E-state index in [9.17, 15) is 4.79 Å². The number of anilines is 1. The molecule has 158 valence electrons. The maximum Gasteiger partial charge on any atom is 0.252 e. The molecular formula is C22H20Cl2N6O. The molecule has 0 unspecified atom stereocenters. The number of carbonyl (C=O) groups is 1. The van der Waals surface area contributed by atoms with Gasteiger partial charge in [0.25, 0.3) is 5.91 Å². The molecule has 2 aromatic heterocycles. The van der Waals surface area contributed by atoms with Gasteiger partial charge in [-0.3, -0.25) is 4.79 Å². The van der Waals surface area contributed by atoms with Gasteiger partial charge >= 0.3 is 0 Å². The van der Waals surface area contributed by atoms with Gasteiger partial charge in [-0.15, -0.1) is 0 Å². The second kappa shape index (κ2) is 9.76. The zero-order chi connectivity index (χ0) is 21.6. The average molecular weight is 455 g/mol. The lowest BCUT2D eigenvalue weighted by atomic mass is 10.1. The summed E-state index contributed by atoms with van der Waals surface area (Å²) in [4.78, 5) is 21.0. The Labute approximate surface area is 189 Å². The largest absolute Gasteiger partial charge is 0.369 e. The number of nitrogens with one attached hydrogen (secondary N) is 2. The summed E-state index contributed by atoms with van der Waals surface area (Å²) in [5.41, 5.74) is 2.34. The number of hydrogen-bond acceptors (Lipinski definition) is 5. The highest BCUT2D eigenvalue weighted by Gasteiger charge is 2.12. The summed E-state index contributed by atoms with van der Waals surface area (Å²) in [6, 6.07) is 15.0. The van der Waals surface area contributed by atoms with Crippen LogP contribution in [0.2, 0.25) is 10.0 Å². The zero-order valence-electron chi connectivity index (χ0n) is 16.6. The second-order valence-electron chi connectivity index (χ2n) is 6.87. The fourth-order valence-corrected chi connectivity index (χ4v) is 3.71. The Morgan fingerprint density at radius 3 is 2.68 bits per heavy atom. The zero-order valence-corrected chi connectivity index (χ0v) is 18.1. The monoisotopic (exact) mass is 454 g/mol. The van der Waals surface area contributed by atoms with Crippen LogP contribution in [-0.2, 0) is 13.0 Å². The van der Waals surface area contributed by atoms with E-state index in [1.54, 1.807) is 29.1 Å². The molecule has 0 bridgehead atoms. The van der Waals surface area contributed by atoms with Crippen LogP contribution < -0.4 is 10.6 Å². The minimum absolute atomic E-state index is 0.268. The van der Waals surface area contributed by atoms with Gasteiger partial charge in [0, 0.05) is 18.1 Å². The summed E-state index contributed by atoms with van der Waals surface area (Å²) in [5.74, 6) is 0.472. The van der Waals surface area contributed by atoms with Gasteiger partial charge in [0.1, 0.15) is 12.1 Å². The van der Waals surface area contributed by atoms with Crippen molar-refractivity contribution in [3.63, 3.8) is 0 Å². The Bertz CT molecular complexity index is 1200. The first-order chi connectivity index (χ1) is 15.1. The molecule has 0 spiro atoms. The Balaban J connectivity index is 1.36. The number of fused-ring (bicyclic) bond motifs is 1. The quantitative estimate of drug-likeness (QED) is 0.416. The predicted octanol–water partition coefficient (Wildman–Crippen LogP) is 4.22. The van der Waals surface area contributed by atoms with E-state index in [2.05, 4.69) is 37.8 Å². The Morgan fingerprint density at radius 2 is 1.87 bits per heavy atom. The van der Waals surface area contributed by atoms with E-state index < -0.39 is 0 Å². The maximum atomic E-state index is 12.4. The van der Waals surface area contributed by atoms with E-state index in [-0.39, 0.29) is 5.91 Å². The highest BCUT2D eigenvalue weighted by molar-refractivity contribution is 6.36. The molecule has 0 atom stereocenters. The smallest absolute Gasteiger partial charge is 0.252 e. The Morgan fingerprint density at radius 1 is 1.03 bits per heavy atom. The van der Waals surface area contributed by atoms with Gasteiger partial charge in [-0.2, -0.15) is 5.10 Å². The predicted molar refractivity (Wildman–Crippen MR) is 123 cm³/mol. The molecule has 2 heterocycles. The fraction of sp³-hybridized carbons (Fsp3) is 0.182. The van der Waals surface area contributed by atoms with Crippen LogP contribution >= 0.6 is 23.2 Å². The third-order valence-electron chi connectivity index (χ3n) is 4.77. The van der Waals surface area contributed by atoms with E-state index in [1.165, 1.54) is 11.9 Å². The van der Waals surface area contributed by atoms with E-state index in [4.69, 9.17) is 23.2 Å². The lowest BCUT2D eigenvalue weighted by Gasteiger charge is -2.09. The van der Waals surface area contributed by atoms with Crippen LogP contribution in [0.1, 0.15) is 15.9 Å². The van der Waals surface area contributed by atoms with Crippen molar-refractivity contribution in [1.82, 2.24) is 25.1 Å². The lowest BCUT2D eigenvalue weighted by molar-refractivity contribution is 0.0952. The Kier molecular flexibility index (Phi) is 6.64. The van der Waals surface area contributed by atoms with Crippen LogP contribution in [0.15, 0.2) is 61.1 Å². The minimum atomic E-state index is -0.268. The van der Waals surface area contributed by atoms with Gasteiger partial charge in [-0.25, -0.2) is 14.6 Å². The van der Waals surface area contributed by atoms with Crippen molar-refractivity contribution in [2.45, 2.75) is 13.0 Å². The van der Waals surface area contributed by atoms with Crippen LogP contribution in [0.25, 0.3) is 11.0 Å². The van der Waals surface area contributed by atoms with E-state index in [0.717, 1.165) is 24.2 Å². The van der Waals surface area contributed by atoms with Crippen molar-refractivity contribution in [1.29, 1.82) is 0 Å². The van der Waals surface area contributed by atoms with Crippen molar-refractivity contribution >= 4 is 46.0 Å². The maximum absolute atomic E-state index is 12.4. The fourth-order valence-electron chi connectivity index (χ4n) is 3.21. The summed E-state index contributed by atoms with van der Waals surface area (Å²) in [5, 5.41) is 12.2. The van der Waals surface area contributed by atoms with Crippen LogP contribution in [0, 0.1) is 0 Å². The molecule has 9 heteroatoms. The molecule has 0 saturated carbocycles. The number of halogens is 2. The van der Waals surface area contributed by atoms with Crippen molar-refractivity contribution in [2.24, 2.45) is 0 Å². The number of amides is 1. The normalized spacial score (nSPS) is 10.9. The highest BCUT2D eigenvalue weighted by Crippen LogP contribution is 2.21. The molecule has 0 aliphatic carbocycles. The summed E-state index contributed by atoms with van der Waals surface area (Å²) < 4.78 is 1.74. The van der Waals surface area contributed by atoms with Crippen molar-refractivity contribution in [3.05, 3.63) is 82.2 Å². The summed E-state index contributed by atoms with van der Waals surface area (Å²) >= 11 is 12.0. The molecule has 2 N–H and O–H groups in total. The molecule has 4 aromatic rings. The molecule has 0 fully saturated rings. The first-order valence-electron chi connectivity index (χ1n) is 9.79. The van der Waals surface area contributed by atoms with Gasteiger partial charge in [-0.1, -0.05) is 53.5 Å². The van der Waals surface area contributed by atoms with E-state index in [1.807, 2.05) is 18.2 Å². The molecule has 0 aliphatic rings. The van der Waals surface area contributed by atoms with Gasteiger partial charge in [0.05, 0.1) is 28.7 Å². The first-order valence-corrected chi connectivity index (χ1v) is 10.5. The topological polar surface area (TPSA) is 84.7 Å². The van der Waals surface area contributed by atoms with Crippen LogP contribution in [-0.4, -0.2) is 38.7 Å². The number of nitrogens with zero attached hydrogens (tertiary/aromatic N) is 4. The molecule has 0 saturated heterocycles. The molecule has 0 radical (unpaired) electrons. The molecule has 1 amide bonds. The average Bonchev–Trinajstić information content (AvgIpc) is 3.18. The summed E-state index contributed by atoms with van der Waals surface area (Å²) in [7, 11) is 0. The SMILES string of the molecule is O=C(NCCn1ncc2c(NCCc3ccccc3)ncnc21)c1ccc(Cl)cc1Cl. The molecule has 2 aromatic carbocycles. The van der Waals surface area contributed by atoms with Gasteiger partial charge < -0.3 is 10.6 Å². The van der Waals surface area contributed by atoms with Gasteiger partial charge in [0.2, 0.25) is 0 Å². The van der Waals surface area contributed by atoms with E-state index >= 15 is 0 Å². The number of hydrogen-bond donors (Lipinski definition) is 2. The van der Waals surface area contributed by atoms with Gasteiger partial charge in [-0.05, 0) is 30.2 Å². The number of rotatable bonds is 8. The third kappa shape index (κ3) is 5.13. The highest BCUT2D eigenvalue weighted by atomic mass is 35.5. The number of aromatic nitrogens is 4. The number of benzene rings is 2. The number of carbonyl (C=O) groups excluding carboxylic acids is 1. The van der Waals surface area contributed by atoms with E-state index in [0.29, 0.717) is 34.3 Å². The molecule has 0 aliphatic heterocycles. The third-order valence-corrected chi connectivity index (χ3v) is 5.32. The first kappa shape index (κ1) is 21.1. The molecule has 4 rings (SSSR count). The summed E-state index contributed by atoms with van der Waals surface area (Å²) in [6.45, 7) is 1.58. The van der Waals surface area contributed by atoms with Crippen molar-refractivity contribution in [2.75, 3.05) is 18.4 Å². The molecule has 7 nitrogen and oxygen atoms in total. The lowest BCUT2D eigenvalue weighted by Crippen LogP contribution is -2.27. The standard InChI is InChI=1S/C22H20Cl2N6O/c23-16-6-7-17(19(24)12-16)22(31)26-10-11-30-21-18(13-29-30)20(27-14-28-21)25-9-8-15-4-2-1-3-5-15/h1-7,12-14H,8-11H2,(H,26,31)(H,25,27,28). The van der Waals surface area contributed by atoms with Crippen LogP contribution in [0.4, 0.5) is 5.82 Å². The molecule has 31 heavy (non-hydrogen) atoms. The summed E-state index contributed by atoms with van der Waals surface area (Å²) in [6.07, 6.45) is 4.13. The van der Waals surface area contributed by atoms with Gasteiger partial charge in [0.15, 0.2) is 5.65 Å².